The number of nitrogens with zero attached hydrogens (tertiary/aromatic N) is 5. The minimum atomic E-state index is -3.96. The Balaban J connectivity index is 0.000000367. The molecule has 354 valence electrons. The number of guanidine groups is 1. The second kappa shape index (κ2) is 24.6. The number of hydrogen-bond acceptors (Lipinski definition) is 17. The zero-order chi connectivity index (χ0) is 49.2. The van der Waals surface area contributed by atoms with E-state index in [0.717, 1.165) is 5.56 Å². The number of aliphatic imine (C=N–C) groups is 1. The van der Waals surface area contributed by atoms with Gasteiger partial charge in [-0.05, 0) is 109 Å². The van der Waals surface area contributed by atoms with Crippen LogP contribution in [0.25, 0.3) is 0 Å². The number of aryl methyl sites for hydroxylation is 1. The molecule has 21 nitrogen and oxygen atoms in total. The highest BCUT2D eigenvalue weighted by molar-refractivity contribution is 7.93. The minimum absolute atomic E-state index is 0.0484. The van der Waals surface area contributed by atoms with E-state index in [4.69, 9.17) is 40.6 Å². The number of hydrazine groups is 1. The summed E-state index contributed by atoms with van der Waals surface area (Å²) in [7, 11) is 1.33. The largest absolute Gasteiger partial charge is 0.494 e. The van der Waals surface area contributed by atoms with Crippen LogP contribution in [0.3, 0.4) is 0 Å². The summed E-state index contributed by atoms with van der Waals surface area (Å²) in [6.07, 6.45) is 4.33. The molecule has 0 aliphatic heterocycles. The summed E-state index contributed by atoms with van der Waals surface area (Å²) in [5, 5.41) is 7.80. The average Bonchev–Trinajstić information content (AvgIpc) is 3.25. The fraction of sp³-hybridized carbons (Fsp3) is 0.375. The summed E-state index contributed by atoms with van der Waals surface area (Å²) in [6.45, 7) is 11.1. The van der Waals surface area contributed by atoms with Crippen LogP contribution in [-0.4, -0.2) is 106 Å². The van der Waals surface area contributed by atoms with Gasteiger partial charge in [0, 0.05) is 12.4 Å². The molecule has 4 rings (SSSR count). The van der Waals surface area contributed by atoms with Crippen molar-refractivity contribution in [2.45, 2.75) is 58.0 Å². The summed E-state index contributed by atoms with van der Waals surface area (Å²) in [4.78, 5) is 27.8. The molecule has 0 radical (unpaired) electrons. The summed E-state index contributed by atoms with van der Waals surface area (Å²) in [5.74, 6) is 1.61. The van der Waals surface area contributed by atoms with Gasteiger partial charge in [0.15, 0.2) is 10.8 Å². The number of pyridine rings is 1. The maximum absolute atomic E-state index is 12.7. The number of benzene rings is 2. The van der Waals surface area contributed by atoms with E-state index in [0.29, 0.717) is 57.4 Å². The van der Waals surface area contributed by atoms with Crippen LogP contribution in [0, 0.1) is 6.92 Å². The number of ether oxygens (including phenoxy) is 6. The van der Waals surface area contributed by atoms with Crippen molar-refractivity contribution in [1.29, 1.82) is 0 Å². The topological polar surface area (TPSA) is 264 Å². The molecule has 0 atom stereocenters. The Hall–Kier alpha value is -6.40. The first-order valence-corrected chi connectivity index (χ1v) is 22.5. The summed E-state index contributed by atoms with van der Waals surface area (Å²) in [6, 6.07) is 11.9. The Kier molecular flexibility index (Phi) is 20.7. The number of carbonyl (C=O) groups excluding carboxylic acids is 1. The van der Waals surface area contributed by atoms with Crippen LogP contribution in [0.4, 0.5) is 17.1 Å². The molecular formula is C40H54N10O11S4. The van der Waals surface area contributed by atoms with Crippen LogP contribution in [0.5, 0.6) is 34.8 Å². The van der Waals surface area contributed by atoms with Crippen LogP contribution in [-0.2, 0) is 20.0 Å². The molecule has 5 N–H and O–H groups in total. The molecule has 0 spiro atoms. The van der Waals surface area contributed by atoms with E-state index in [9.17, 15) is 21.6 Å². The number of carbonyl (C=O) groups is 1. The minimum Gasteiger partial charge on any atom is -0.494 e. The molecule has 0 bridgehead atoms. The molecule has 2 aromatic carbocycles. The van der Waals surface area contributed by atoms with E-state index < -0.39 is 35.4 Å². The third kappa shape index (κ3) is 16.0. The third-order valence-electron chi connectivity index (χ3n) is 8.09. The zero-order valence-corrected chi connectivity index (χ0v) is 41.4. The van der Waals surface area contributed by atoms with Crippen molar-refractivity contribution in [3.05, 3.63) is 72.3 Å². The molecule has 0 fully saturated rings. The fourth-order valence-corrected chi connectivity index (χ4v) is 6.20. The van der Waals surface area contributed by atoms with Gasteiger partial charge in [0.1, 0.15) is 40.7 Å². The lowest BCUT2D eigenvalue weighted by Gasteiger charge is -2.22. The van der Waals surface area contributed by atoms with Crippen molar-refractivity contribution >= 4 is 83.7 Å². The lowest BCUT2D eigenvalue weighted by Crippen LogP contribution is -2.46. The maximum Gasteiger partial charge on any atom is 0.271 e. The molecule has 65 heavy (non-hydrogen) atoms. The number of anilines is 2. The molecule has 0 unspecified atom stereocenters. The first-order valence-electron chi connectivity index (χ1n) is 18.8. The molecule has 0 saturated heterocycles. The highest BCUT2D eigenvalue weighted by Gasteiger charge is 2.31. The highest BCUT2D eigenvalue weighted by atomic mass is 32.2. The number of nitrogens with one attached hydrogen (secondary N) is 5. The Bertz CT molecular complexity index is 2510. The number of methoxy groups -OCH3 is 6. The summed E-state index contributed by atoms with van der Waals surface area (Å²) < 4.78 is 84.4. The lowest BCUT2D eigenvalue weighted by atomic mass is 10.2. The smallest absolute Gasteiger partial charge is 0.271 e. The normalized spacial score (nSPS) is 11.3. The van der Waals surface area contributed by atoms with Crippen molar-refractivity contribution in [3.63, 3.8) is 0 Å². The van der Waals surface area contributed by atoms with Gasteiger partial charge in [0.2, 0.25) is 27.7 Å². The van der Waals surface area contributed by atoms with Crippen molar-refractivity contribution in [3.8, 4) is 34.8 Å². The number of sulfonamides is 2. The van der Waals surface area contributed by atoms with Crippen molar-refractivity contribution in [1.82, 2.24) is 30.5 Å². The standard InChI is InChI=1S/C20H27N5O5S.C13H20N2O4S2.C7H7N3O2S/c1-13-10-14(12-21-11-13)18(26)23-24-19(25-31(27,28)20(2,3)4)22-17-15(29-5)8-7-9-16(17)30-6;1-13(2,3)21(16,17)15-12(20)14-11-9(18-4)7-6-8-10(11)19-5;1-11-6-5(10-4-13)7(12-2)9-3-8-6/h7-12H,1-6H3,(H,23,26)(H2,22,24,25);6-8H,1-5H3,(H2,14,15,20);3H,1-2H3. The molecule has 0 aliphatic carbocycles. The zero-order valence-electron chi connectivity index (χ0n) is 38.1. The summed E-state index contributed by atoms with van der Waals surface area (Å²) >= 11 is 9.52. The van der Waals surface area contributed by atoms with Gasteiger partial charge in [-0.3, -0.25) is 25.4 Å². The number of thiocarbonyl (C=S) groups is 2. The van der Waals surface area contributed by atoms with Crippen LogP contribution in [0.15, 0.2) is 70.6 Å². The average molecular weight is 979 g/mol. The van der Waals surface area contributed by atoms with E-state index in [1.54, 1.807) is 76.4 Å². The predicted molar refractivity (Wildman–Crippen MR) is 256 cm³/mol. The number of isothiocyanates is 1. The highest BCUT2D eigenvalue weighted by Crippen LogP contribution is 2.36. The van der Waals surface area contributed by atoms with Crippen LogP contribution < -0.4 is 54.6 Å². The van der Waals surface area contributed by atoms with Gasteiger partial charge in [0.05, 0.1) is 62.9 Å². The SMILES string of the molecule is COc1cccc(OC)c1NC(=NS(=O)(=O)C(C)(C)C)NNC(=O)c1cncc(C)c1.COc1cccc(OC)c1NC(=S)NS(=O)(=O)C(C)(C)C.COc1ncnc(OC)c1N=C=S. The monoisotopic (exact) mass is 978 g/mol. The molecule has 2 aromatic heterocycles. The fourth-order valence-electron chi connectivity index (χ4n) is 4.47. The number of hydrogen-bond donors (Lipinski definition) is 5. The number of amides is 1. The molecular weight excluding hydrogens is 925 g/mol. The number of rotatable bonds is 12. The van der Waals surface area contributed by atoms with Gasteiger partial charge in [-0.2, -0.15) is 15.0 Å². The molecule has 1 amide bonds. The van der Waals surface area contributed by atoms with Gasteiger partial charge in [-0.25, -0.2) is 16.8 Å². The van der Waals surface area contributed by atoms with Crippen LogP contribution >= 0.6 is 24.4 Å². The Morgan fingerprint density at radius 1 is 0.708 bits per heavy atom. The van der Waals surface area contributed by atoms with Crippen LogP contribution in [0.2, 0.25) is 0 Å². The van der Waals surface area contributed by atoms with E-state index >= 15 is 0 Å². The first-order chi connectivity index (χ1) is 30.4. The van der Waals surface area contributed by atoms with E-state index in [-0.39, 0.29) is 11.1 Å². The predicted octanol–water partition coefficient (Wildman–Crippen LogP) is 5.58. The first kappa shape index (κ1) is 54.7. The maximum atomic E-state index is 12.7. The molecule has 0 saturated carbocycles. The lowest BCUT2D eigenvalue weighted by molar-refractivity contribution is 0.0943. The Morgan fingerprint density at radius 2 is 1.18 bits per heavy atom. The molecule has 25 heteroatoms. The molecule has 4 aromatic rings. The molecule has 2 heterocycles. The van der Waals surface area contributed by atoms with Crippen molar-refractivity contribution < 1.29 is 50.1 Å². The van der Waals surface area contributed by atoms with E-state index in [2.05, 4.69) is 67.9 Å². The second-order valence-corrected chi connectivity index (χ2v) is 20.1. The van der Waals surface area contributed by atoms with Gasteiger partial charge in [0.25, 0.3) is 15.9 Å². The van der Waals surface area contributed by atoms with Gasteiger partial charge >= 0.3 is 0 Å². The number of aromatic nitrogens is 3. The quantitative estimate of drug-likeness (QED) is 0.0502. The van der Waals surface area contributed by atoms with Crippen molar-refractivity contribution in [2.75, 3.05) is 53.3 Å². The van der Waals surface area contributed by atoms with E-state index in [1.807, 2.05) is 0 Å². The summed E-state index contributed by atoms with van der Waals surface area (Å²) in [5.41, 5.74) is 7.20. The van der Waals surface area contributed by atoms with Gasteiger partial charge < -0.3 is 39.1 Å². The Labute approximate surface area is 390 Å². The van der Waals surface area contributed by atoms with Crippen LogP contribution in [0.1, 0.15) is 57.5 Å². The van der Waals surface area contributed by atoms with Crippen molar-refractivity contribution in [2.24, 2.45) is 9.39 Å². The number of para-hydroxylation sites is 2. The van der Waals surface area contributed by atoms with Gasteiger partial charge in [-0.1, -0.05) is 12.1 Å². The molecule has 0 aliphatic rings. The third-order valence-corrected chi connectivity index (χ3v) is 12.6. The van der Waals surface area contributed by atoms with E-state index in [1.165, 1.54) is 76.0 Å². The van der Waals surface area contributed by atoms with Gasteiger partial charge in [-0.15, -0.1) is 4.40 Å². The second-order valence-electron chi connectivity index (χ2n) is 14.7. The Morgan fingerprint density at radius 3 is 1.58 bits per heavy atom.